The molecule has 0 spiro atoms. The molecule has 0 heterocycles. The van der Waals surface area contributed by atoms with E-state index in [0.29, 0.717) is 0 Å². The molecule has 0 radical (unpaired) electrons. The summed E-state index contributed by atoms with van der Waals surface area (Å²) in [6.45, 7) is 0. The summed E-state index contributed by atoms with van der Waals surface area (Å²) in [4.78, 5) is 0. The van der Waals surface area contributed by atoms with E-state index in [1.807, 2.05) is 0 Å². The van der Waals surface area contributed by atoms with Gasteiger partial charge in [-0.15, -0.1) is 0 Å². The van der Waals surface area contributed by atoms with Crippen LogP contribution in [-0.2, 0) is 0 Å². The lowest BCUT2D eigenvalue weighted by molar-refractivity contribution is 0.288. The molecule has 1 aromatic rings. The maximum absolute atomic E-state index is 3.56. The number of rotatable bonds is 2. The first-order valence-corrected chi connectivity index (χ1v) is 5.65. The van der Waals surface area contributed by atoms with E-state index in [1.54, 1.807) is 0 Å². The smallest absolute Gasteiger partial charge is 0.00655 e. The predicted molar refractivity (Wildman–Crippen MR) is 55.7 cm³/mol. The summed E-state index contributed by atoms with van der Waals surface area (Å²) < 4.78 is 0. The highest BCUT2D eigenvalue weighted by Gasteiger charge is 2.30. The van der Waals surface area contributed by atoms with Crippen LogP contribution >= 0.6 is 15.9 Å². The van der Waals surface area contributed by atoms with Gasteiger partial charge >= 0.3 is 0 Å². The lowest BCUT2D eigenvalue weighted by Crippen LogP contribution is -2.24. The average Bonchev–Trinajstić information content (AvgIpc) is 2.05. The Bertz CT molecular complexity index is 240. The number of hydrogen-bond acceptors (Lipinski definition) is 0. The maximum Gasteiger partial charge on any atom is 0.00655 e. The molecular formula is C11H13Br. The topological polar surface area (TPSA) is 0 Å². The average molecular weight is 225 g/mol. The third kappa shape index (κ3) is 1.42. The molecule has 1 saturated carbocycles. The molecule has 2 rings (SSSR count). The van der Waals surface area contributed by atoms with Gasteiger partial charge in [-0.2, -0.15) is 0 Å². The van der Waals surface area contributed by atoms with Crippen LogP contribution in [0.15, 0.2) is 30.3 Å². The van der Waals surface area contributed by atoms with Gasteiger partial charge in [-0.05, 0) is 30.2 Å². The van der Waals surface area contributed by atoms with E-state index in [1.165, 1.54) is 18.4 Å². The summed E-state index contributed by atoms with van der Waals surface area (Å²) >= 11 is 3.56. The summed E-state index contributed by atoms with van der Waals surface area (Å²) in [7, 11) is 0. The molecule has 1 aromatic carbocycles. The first-order chi connectivity index (χ1) is 5.92. The first kappa shape index (κ1) is 8.31. The van der Waals surface area contributed by atoms with E-state index < -0.39 is 0 Å². The number of halogens is 1. The van der Waals surface area contributed by atoms with Gasteiger partial charge in [0.1, 0.15) is 0 Å². The molecule has 12 heavy (non-hydrogen) atoms. The molecule has 1 heteroatoms. The van der Waals surface area contributed by atoms with Gasteiger partial charge in [0.05, 0.1) is 0 Å². The molecule has 0 bridgehead atoms. The number of hydrogen-bond donors (Lipinski definition) is 0. The normalized spacial score (nSPS) is 28.1. The van der Waals surface area contributed by atoms with Crippen molar-refractivity contribution in [1.29, 1.82) is 0 Å². The molecule has 0 aliphatic heterocycles. The summed E-state index contributed by atoms with van der Waals surface area (Å²) in [5, 5.41) is 1.16. The Morgan fingerprint density at radius 2 is 1.92 bits per heavy atom. The number of alkyl halides is 1. The van der Waals surface area contributed by atoms with E-state index in [-0.39, 0.29) is 0 Å². The lowest BCUT2D eigenvalue weighted by atomic mass is 9.71. The molecule has 0 unspecified atom stereocenters. The van der Waals surface area contributed by atoms with E-state index >= 15 is 0 Å². The Labute approximate surface area is 82.1 Å². The number of benzene rings is 1. The van der Waals surface area contributed by atoms with Crippen LogP contribution in [0, 0.1) is 5.92 Å². The molecule has 0 aromatic heterocycles. The van der Waals surface area contributed by atoms with Crippen molar-refractivity contribution in [3.05, 3.63) is 35.9 Å². The van der Waals surface area contributed by atoms with Crippen LogP contribution in [-0.4, -0.2) is 5.33 Å². The fourth-order valence-corrected chi connectivity index (χ4v) is 2.67. The van der Waals surface area contributed by atoms with Crippen molar-refractivity contribution in [1.82, 2.24) is 0 Å². The van der Waals surface area contributed by atoms with Crippen molar-refractivity contribution in [3.63, 3.8) is 0 Å². The van der Waals surface area contributed by atoms with Crippen LogP contribution in [0.5, 0.6) is 0 Å². The Hall–Kier alpha value is -0.300. The van der Waals surface area contributed by atoms with Gasteiger partial charge in [-0.25, -0.2) is 0 Å². The monoisotopic (exact) mass is 224 g/mol. The Kier molecular flexibility index (Phi) is 2.50. The second-order valence-electron chi connectivity index (χ2n) is 3.51. The van der Waals surface area contributed by atoms with Crippen molar-refractivity contribution in [3.8, 4) is 0 Å². The zero-order valence-electron chi connectivity index (χ0n) is 7.04. The summed E-state index contributed by atoms with van der Waals surface area (Å²) in [5.74, 6) is 1.71. The SMILES string of the molecule is BrC[C@H]1CC[C@H]1c1ccccc1. The zero-order valence-corrected chi connectivity index (χ0v) is 8.63. The minimum absolute atomic E-state index is 0.825. The Morgan fingerprint density at radius 1 is 1.17 bits per heavy atom. The summed E-state index contributed by atoms with van der Waals surface area (Å²) in [6, 6.07) is 10.9. The van der Waals surface area contributed by atoms with Gasteiger partial charge in [0, 0.05) is 5.33 Å². The highest BCUT2D eigenvalue weighted by molar-refractivity contribution is 9.09. The lowest BCUT2D eigenvalue weighted by Gasteiger charge is -2.35. The molecule has 0 nitrogen and oxygen atoms in total. The van der Waals surface area contributed by atoms with E-state index in [4.69, 9.17) is 0 Å². The highest BCUT2D eigenvalue weighted by atomic mass is 79.9. The van der Waals surface area contributed by atoms with Gasteiger partial charge in [0.2, 0.25) is 0 Å². The molecule has 0 amide bonds. The van der Waals surface area contributed by atoms with Crippen LogP contribution < -0.4 is 0 Å². The van der Waals surface area contributed by atoms with Crippen LogP contribution in [0.25, 0.3) is 0 Å². The molecule has 1 aliphatic rings. The molecule has 0 N–H and O–H groups in total. The van der Waals surface area contributed by atoms with Crippen molar-refractivity contribution in [2.24, 2.45) is 5.92 Å². The zero-order chi connectivity index (χ0) is 8.39. The van der Waals surface area contributed by atoms with Crippen LogP contribution in [0.4, 0.5) is 0 Å². The van der Waals surface area contributed by atoms with Gasteiger partial charge < -0.3 is 0 Å². The van der Waals surface area contributed by atoms with E-state index in [2.05, 4.69) is 46.3 Å². The minimum Gasteiger partial charge on any atom is -0.0925 e. The largest absolute Gasteiger partial charge is 0.0925 e. The van der Waals surface area contributed by atoms with Gasteiger partial charge in [0.25, 0.3) is 0 Å². The molecule has 64 valence electrons. The second kappa shape index (κ2) is 3.61. The van der Waals surface area contributed by atoms with Gasteiger partial charge in [-0.1, -0.05) is 46.3 Å². The summed E-state index contributed by atoms with van der Waals surface area (Å²) in [6.07, 6.45) is 2.77. The van der Waals surface area contributed by atoms with Crippen molar-refractivity contribution >= 4 is 15.9 Å². The minimum atomic E-state index is 0.825. The van der Waals surface area contributed by atoms with Gasteiger partial charge in [-0.3, -0.25) is 0 Å². The maximum atomic E-state index is 3.56. The van der Waals surface area contributed by atoms with Crippen molar-refractivity contribution in [2.75, 3.05) is 5.33 Å². The fraction of sp³-hybridized carbons (Fsp3) is 0.455. The first-order valence-electron chi connectivity index (χ1n) is 4.52. The molecule has 2 atom stereocenters. The summed E-state index contributed by atoms with van der Waals surface area (Å²) in [5.41, 5.74) is 1.52. The third-order valence-electron chi connectivity index (χ3n) is 2.84. The quantitative estimate of drug-likeness (QED) is 0.675. The van der Waals surface area contributed by atoms with Gasteiger partial charge in [0.15, 0.2) is 0 Å². The van der Waals surface area contributed by atoms with Crippen LogP contribution in [0.2, 0.25) is 0 Å². The van der Waals surface area contributed by atoms with Crippen molar-refractivity contribution in [2.45, 2.75) is 18.8 Å². The molecule has 1 aliphatic carbocycles. The molecular weight excluding hydrogens is 212 g/mol. The third-order valence-corrected chi connectivity index (χ3v) is 3.68. The Morgan fingerprint density at radius 3 is 2.42 bits per heavy atom. The standard InChI is InChI=1S/C11H13Br/c12-8-10-6-7-11(10)9-4-2-1-3-5-9/h1-5,10-11H,6-8H2/t10-,11+/m1/s1. The van der Waals surface area contributed by atoms with Crippen molar-refractivity contribution < 1.29 is 0 Å². The van der Waals surface area contributed by atoms with Crippen LogP contribution in [0.3, 0.4) is 0 Å². The fourth-order valence-electron chi connectivity index (χ4n) is 1.89. The van der Waals surface area contributed by atoms with Crippen LogP contribution in [0.1, 0.15) is 24.3 Å². The predicted octanol–water partition coefficient (Wildman–Crippen LogP) is 3.58. The van der Waals surface area contributed by atoms with E-state index in [9.17, 15) is 0 Å². The van der Waals surface area contributed by atoms with E-state index in [0.717, 1.165) is 17.2 Å². The molecule has 1 fully saturated rings. The molecule has 0 saturated heterocycles. The highest BCUT2D eigenvalue weighted by Crippen LogP contribution is 2.43. The Balaban J connectivity index is 2.11. The second-order valence-corrected chi connectivity index (χ2v) is 4.16.